The lowest BCUT2D eigenvalue weighted by molar-refractivity contribution is 0.103. The molecule has 0 unspecified atom stereocenters. The molecule has 0 bridgehead atoms. The van der Waals surface area contributed by atoms with Crippen LogP contribution in [0.4, 0.5) is 0 Å². The first-order valence-corrected chi connectivity index (χ1v) is 5.24. The molecule has 0 aliphatic carbocycles. The summed E-state index contributed by atoms with van der Waals surface area (Å²) in [5.74, 6) is 0. The summed E-state index contributed by atoms with van der Waals surface area (Å²) in [6.45, 7) is 0.369. The number of imidazole rings is 1. The van der Waals surface area contributed by atoms with E-state index in [2.05, 4.69) is 15.0 Å². The molecule has 0 aliphatic rings. The molecule has 0 N–H and O–H groups in total. The summed E-state index contributed by atoms with van der Waals surface area (Å²) in [7, 11) is 0. The number of rotatable bonds is 3. The van der Waals surface area contributed by atoms with Gasteiger partial charge in [-0.3, -0.25) is 9.97 Å². The highest BCUT2D eigenvalue weighted by molar-refractivity contribution is 5.74. The van der Waals surface area contributed by atoms with Crippen molar-refractivity contribution in [2.45, 2.75) is 6.61 Å². The molecule has 3 rings (SSSR count). The average molecular weight is 226 g/mol. The maximum absolute atomic E-state index is 5.60. The first-order valence-electron chi connectivity index (χ1n) is 5.24. The normalized spacial score (nSPS) is 10.6. The number of hydrogen-bond donors (Lipinski definition) is 0. The topological polar surface area (TPSA) is 52.8 Å². The van der Waals surface area contributed by atoms with Crippen LogP contribution in [0.5, 0.6) is 0 Å². The van der Waals surface area contributed by atoms with Gasteiger partial charge in [0.15, 0.2) is 6.61 Å². The summed E-state index contributed by atoms with van der Waals surface area (Å²) >= 11 is 0. The molecule has 0 atom stereocenters. The van der Waals surface area contributed by atoms with Crippen molar-refractivity contribution < 1.29 is 4.84 Å². The molecule has 0 aliphatic heterocycles. The molecule has 5 nitrogen and oxygen atoms in total. The van der Waals surface area contributed by atoms with Crippen LogP contribution in [0.15, 0.2) is 49.2 Å². The molecule has 1 aromatic carbocycles. The number of aromatic nitrogens is 4. The van der Waals surface area contributed by atoms with Crippen LogP contribution in [0.3, 0.4) is 0 Å². The summed E-state index contributed by atoms with van der Waals surface area (Å²) < 4.78 is 1.64. The number of hydrogen-bond acceptors (Lipinski definition) is 4. The maximum Gasteiger partial charge on any atom is 0.158 e. The highest BCUT2D eigenvalue weighted by Gasteiger charge is 2.02. The molecule has 5 heteroatoms. The predicted molar refractivity (Wildman–Crippen MR) is 62.0 cm³/mol. The quantitative estimate of drug-likeness (QED) is 0.678. The summed E-state index contributed by atoms with van der Waals surface area (Å²) in [6, 6.07) is 7.80. The maximum atomic E-state index is 5.60. The van der Waals surface area contributed by atoms with E-state index in [1.165, 1.54) is 0 Å². The molecule has 0 fully saturated rings. The van der Waals surface area contributed by atoms with Crippen LogP contribution in [-0.2, 0) is 6.61 Å². The third kappa shape index (κ3) is 1.94. The van der Waals surface area contributed by atoms with Gasteiger partial charge in [-0.2, -0.15) is 4.73 Å². The van der Waals surface area contributed by atoms with Gasteiger partial charge in [0, 0.05) is 12.4 Å². The van der Waals surface area contributed by atoms with Crippen LogP contribution in [0.2, 0.25) is 0 Å². The number of nitrogens with zero attached hydrogens (tertiary/aromatic N) is 4. The van der Waals surface area contributed by atoms with Gasteiger partial charge in [-0.1, -0.05) is 12.1 Å². The molecule has 0 spiro atoms. The number of benzene rings is 1. The minimum atomic E-state index is 0.369. The molecule has 0 amide bonds. The third-order valence-corrected chi connectivity index (χ3v) is 2.39. The Morgan fingerprint density at radius 2 is 2.06 bits per heavy atom. The van der Waals surface area contributed by atoms with Gasteiger partial charge in [0.05, 0.1) is 17.4 Å². The van der Waals surface area contributed by atoms with Crippen molar-refractivity contribution in [2.75, 3.05) is 0 Å². The molecule has 0 saturated heterocycles. The van der Waals surface area contributed by atoms with E-state index in [4.69, 9.17) is 4.84 Å². The second kappa shape index (κ2) is 4.21. The largest absolute Gasteiger partial charge is 0.406 e. The molecule has 3 aromatic rings. The average Bonchev–Trinajstić information content (AvgIpc) is 2.81. The Hall–Kier alpha value is -2.43. The van der Waals surface area contributed by atoms with E-state index >= 15 is 0 Å². The molecule has 0 saturated carbocycles. The highest BCUT2D eigenvalue weighted by atomic mass is 16.7. The fourth-order valence-corrected chi connectivity index (χ4v) is 1.58. The van der Waals surface area contributed by atoms with E-state index in [0.29, 0.717) is 6.61 Å². The van der Waals surface area contributed by atoms with Crippen LogP contribution in [-0.4, -0.2) is 19.7 Å². The van der Waals surface area contributed by atoms with E-state index in [0.717, 1.165) is 16.7 Å². The molecule has 84 valence electrons. The molecule has 2 aromatic heterocycles. The van der Waals surface area contributed by atoms with Crippen LogP contribution < -0.4 is 4.84 Å². The van der Waals surface area contributed by atoms with Crippen LogP contribution in [0, 0.1) is 0 Å². The Bertz CT molecular complexity index is 620. The van der Waals surface area contributed by atoms with E-state index in [-0.39, 0.29) is 0 Å². The predicted octanol–water partition coefficient (Wildman–Crippen LogP) is 1.46. The van der Waals surface area contributed by atoms with Gasteiger partial charge in [0.25, 0.3) is 0 Å². The second-order valence-corrected chi connectivity index (χ2v) is 3.53. The lowest BCUT2D eigenvalue weighted by atomic mass is 10.3. The smallest absolute Gasteiger partial charge is 0.158 e. The lowest BCUT2D eigenvalue weighted by Crippen LogP contribution is -2.10. The van der Waals surface area contributed by atoms with Crippen molar-refractivity contribution >= 4 is 11.0 Å². The van der Waals surface area contributed by atoms with Crippen molar-refractivity contribution in [2.24, 2.45) is 0 Å². The fourth-order valence-electron chi connectivity index (χ4n) is 1.58. The minimum absolute atomic E-state index is 0.369. The third-order valence-electron chi connectivity index (χ3n) is 2.39. The summed E-state index contributed by atoms with van der Waals surface area (Å²) in [5.41, 5.74) is 2.63. The molecule has 0 radical (unpaired) electrons. The molecular weight excluding hydrogens is 216 g/mol. The Morgan fingerprint density at radius 3 is 2.94 bits per heavy atom. The van der Waals surface area contributed by atoms with Crippen LogP contribution in [0.25, 0.3) is 11.0 Å². The Kier molecular flexibility index (Phi) is 2.42. The first kappa shape index (κ1) is 9.77. The van der Waals surface area contributed by atoms with E-state index in [9.17, 15) is 0 Å². The molecule has 17 heavy (non-hydrogen) atoms. The van der Waals surface area contributed by atoms with Gasteiger partial charge < -0.3 is 4.84 Å². The van der Waals surface area contributed by atoms with Crippen molar-refractivity contribution in [3.63, 3.8) is 0 Å². The standard InChI is InChI=1S/C12H10N4O/c1-2-4-12-11(3-1)15-9-16(12)17-8-10-7-13-5-6-14-10/h1-7,9H,8H2. The zero-order valence-electron chi connectivity index (χ0n) is 9.02. The van der Waals surface area contributed by atoms with E-state index < -0.39 is 0 Å². The van der Waals surface area contributed by atoms with Crippen molar-refractivity contribution in [1.82, 2.24) is 19.7 Å². The van der Waals surface area contributed by atoms with E-state index in [1.807, 2.05) is 24.3 Å². The Balaban J connectivity index is 1.82. The fraction of sp³-hybridized carbons (Fsp3) is 0.0833. The Morgan fingerprint density at radius 1 is 1.12 bits per heavy atom. The van der Waals surface area contributed by atoms with Crippen molar-refractivity contribution in [1.29, 1.82) is 0 Å². The van der Waals surface area contributed by atoms with Gasteiger partial charge >= 0.3 is 0 Å². The van der Waals surface area contributed by atoms with Crippen LogP contribution in [0.1, 0.15) is 5.69 Å². The summed E-state index contributed by atoms with van der Waals surface area (Å²) in [6.07, 6.45) is 6.61. The second-order valence-electron chi connectivity index (χ2n) is 3.53. The number of fused-ring (bicyclic) bond motifs is 1. The zero-order chi connectivity index (χ0) is 11.5. The summed E-state index contributed by atoms with van der Waals surface area (Å²) in [4.78, 5) is 17.9. The number of para-hydroxylation sites is 2. The van der Waals surface area contributed by atoms with Gasteiger partial charge in [-0.15, -0.1) is 0 Å². The van der Waals surface area contributed by atoms with Crippen molar-refractivity contribution in [3.05, 3.63) is 54.9 Å². The van der Waals surface area contributed by atoms with Gasteiger partial charge in [0.2, 0.25) is 0 Å². The lowest BCUT2D eigenvalue weighted by Gasteiger charge is -2.05. The SMILES string of the molecule is c1ccc2c(c1)ncn2OCc1cnccn1. The Labute approximate surface area is 97.7 Å². The highest BCUT2D eigenvalue weighted by Crippen LogP contribution is 2.10. The first-order chi connectivity index (χ1) is 8.43. The molecular formula is C12H10N4O. The monoisotopic (exact) mass is 226 g/mol. The van der Waals surface area contributed by atoms with Gasteiger partial charge in [0.1, 0.15) is 11.8 Å². The van der Waals surface area contributed by atoms with Gasteiger partial charge in [-0.05, 0) is 12.1 Å². The minimum Gasteiger partial charge on any atom is -0.406 e. The molecule has 2 heterocycles. The van der Waals surface area contributed by atoms with Gasteiger partial charge in [-0.25, -0.2) is 4.98 Å². The van der Waals surface area contributed by atoms with E-state index in [1.54, 1.807) is 29.6 Å². The zero-order valence-corrected chi connectivity index (χ0v) is 9.02. The van der Waals surface area contributed by atoms with Crippen molar-refractivity contribution in [3.8, 4) is 0 Å². The van der Waals surface area contributed by atoms with Crippen LogP contribution >= 0.6 is 0 Å². The summed E-state index contributed by atoms with van der Waals surface area (Å²) in [5, 5.41) is 0.